The lowest BCUT2D eigenvalue weighted by atomic mass is 9.67. The van der Waals surface area contributed by atoms with Gasteiger partial charge in [-0.05, 0) is 84.5 Å². The van der Waals surface area contributed by atoms with E-state index in [1.54, 1.807) is 0 Å². The molecule has 0 amide bonds. The van der Waals surface area contributed by atoms with Gasteiger partial charge in [-0.25, -0.2) is 15.0 Å². The molecule has 14 rings (SSSR count). The molecule has 352 valence electrons. The van der Waals surface area contributed by atoms with Gasteiger partial charge in [0.25, 0.3) is 0 Å². The van der Waals surface area contributed by atoms with Crippen molar-refractivity contribution < 1.29 is 0 Å². The van der Waals surface area contributed by atoms with Crippen molar-refractivity contribution in [3.63, 3.8) is 0 Å². The molecule has 2 heterocycles. The molecule has 11 aromatic carbocycles. The van der Waals surface area contributed by atoms with Crippen LogP contribution in [0.3, 0.4) is 0 Å². The van der Waals surface area contributed by atoms with E-state index in [0.717, 1.165) is 33.4 Å². The quantitative estimate of drug-likeness (QED) is 0.101. The second-order valence-corrected chi connectivity index (χ2v) is 23.3. The first-order valence-corrected chi connectivity index (χ1v) is 27.7. The Labute approximate surface area is 437 Å². The highest BCUT2D eigenvalue weighted by Crippen LogP contribution is 2.57. The van der Waals surface area contributed by atoms with Gasteiger partial charge in [-0.2, -0.15) is 0 Å². The summed E-state index contributed by atoms with van der Waals surface area (Å²) in [6, 6.07) is 106. The van der Waals surface area contributed by atoms with E-state index in [4.69, 9.17) is 15.0 Å². The molecule has 13 aromatic rings. The molecular formula is C70H48N4Si. The van der Waals surface area contributed by atoms with Crippen LogP contribution in [0.4, 0.5) is 0 Å². The summed E-state index contributed by atoms with van der Waals surface area (Å²) < 4.78 is 2.42. The molecule has 0 N–H and O–H groups in total. The van der Waals surface area contributed by atoms with E-state index < -0.39 is 13.5 Å². The lowest BCUT2D eigenvalue weighted by molar-refractivity contribution is 0.769. The Bertz CT molecular complexity index is 4080. The van der Waals surface area contributed by atoms with Crippen LogP contribution in [-0.4, -0.2) is 27.6 Å². The molecule has 0 unspecified atom stereocenters. The zero-order chi connectivity index (χ0) is 49.8. The maximum Gasteiger partial charge on any atom is 0.179 e. The molecule has 1 aliphatic carbocycles. The van der Waals surface area contributed by atoms with Crippen LogP contribution in [-0.2, 0) is 5.41 Å². The van der Waals surface area contributed by atoms with E-state index in [2.05, 4.69) is 278 Å². The monoisotopic (exact) mass is 972 g/mol. The largest absolute Gasteiger partial charge is 0.309 e. The van der Waals surface area contributed by atoms with E-state index in [-0.39, 0.29) is 0 Å². The van der Waals surface area contributed by atoms with Gasteiger partial charge in [-0.3, -0.25) is 0 Å². The van der Waals surface area contributed by atoms with Gasteiger partial charge < -0.3 is 4.57 Å². The van der Waals surface area contributed by atoms with Crippen molar-refractivity contribution >= 4 is 50.6 Å². The Hall–Kier alpha value is -9.55. The molecule has 75 heavy (non-hydrogen) atoms. The third-order valence-electron chi connectivity index (χ3n) is 15.5. The minimum atomic E-state index is -2.85. The Morgan fingerprint density at radius 2 is 0.747 bits per heavy atom. The van der Waals surface area contributed by atoms with Crippen LogP contribution in [0.25, 0.3) is 72.8 Å². The summed E-state index contributed by atoms with van der Waals surface area (Å²) in [6.07, 6.45) is 0. The average Bonchev–Trinajstić information content (AvgIpc) is 3.98. The highest BCUT2D eigenvalue weighted by Gasteiger charge is 2.47. The SMILES string of the molecule is c1ccc(-c2nc(-c3cccc(-n4c5ccccc5c5cc6c(cc54)-c4ccccc4C6(c4ccccc4)c4ccccc4)c3)nc(-c3cccc([Si](c4ccccc4)(c4ccccc4)c4ccccc4)c3)n2)cc1. The molecular weight excluding hydrogens is 925 g/mol. The molecule has 0 saturated heterocycles. The van der Waals surface area contributed by atoms with Crippen LogP contribution in [0.5, 0.6) is 0 Å². The van der Waals surface area contributed by atoms with Crippen LogP contribution < -0.4 is 20.7 Å². The van der Waals surface area contributed by atoms with Crippen LogP contribution in [0.2, 0.25) is 0 Å². The summed E-state index contributed by atoms with van der Waals surface area (Å²) in [5.41, 5.74) is 13.1. The predicted molar refractivity (Wildman–Crippen MR) is 311 cm³/mol. The molecule has 0 fully saturated rings. The first kappa shape index (κ1) is 44.2. The lowest BCUT2D eigenvalue weighted by Gasteiger charge is -2.34. The second-order valence-electron chi connectivity index (χ2n) is 19.4. The molecule has 0 bridgehead atoms. The standard InChI is InChI=1S/C70H48N4Si/c1-7-25-49(26-8-1)67-71-68(73-69(72-67)51-28-24-40-58(46-51)75(55-34-13-4-14-35-55,56-36-15-5-16-37-56)57-38-17-6-18-39-57)50-27-23-33-54(45-50)74-65-44-22-20-42-60(65)62-47-64-61(48-66(62)74)59-41-19-21-43-63(59)70(64,52-29-9-2-10-30-52)53-31-11-3-12-32-53/h1-48H. The van der Waals surface area contributed by atoms with E-state index in [1.165, 1.54) is 64.9 Å². The maximum absolute atomic E-state index is 5.42. The first-order chi connectivity index (χ1) is 37.2. The summed E-state index contributed by atoms with van der Waals surface area (Å²) in [5, 5.41) is 7.57. The summed E-state index contributed by atoms with van der Waals surface area (Å²) in [7, 11) is -2.85. The predicted octanol–water partition coefficient (Wildman–Crippen LogP) is 13.7. The van der Waals surface area contributed by atoms with E-state index in [0.29, 0.717) is 17.5 Å². The van der Waals surface area contributed by atoms with Crippen molar-refractivity contribution in [3.05, 3.63) is 313 Å². The topological polar surface area (TPSA) is 43.6 Å². The number of fused-ring (bicyclic) bond motifs is 6. The Balaban J connectivity index is 0.960. The molecule has 0 spiro atoms. The first-order valence-electron chi connectivity index (χ1n) is 25.7. The normalized spacial score (nSPS) is 12.6. The molecule has 0 atom stereocenters. The molecule has 1 aliphatic rings. The molecule has 5 heteroatoms. The van der Waals surface area contributed by atoms with Crippen LogP contribution in [0.1, 0.15) is 22.3 Å². The van der Waals surface area contributed by atoms with Crippen molar-refractivity contribution in [1.82, 2.24) is 19.5 Å². The van der Waals surface area contributed by atoms with Crippen molar-refractivity contribution in [2.24, 2.45) is 0 Å². The molecule has 0 saturated carbocycles. The summed E-state index contributed by atoms with van der Waals surface area (Å²) in [6.45, 7) is 0. The highest BCUT2D eigenvalue weighted by molar-refractivity contribution is 7.19. The smallest absolute Gasteiger partial charge is 0.179 e. The Morgan fingerprint density at radius 3 is 1.35 bits per heavy atom. The van der Waals surface area contributed by atoms with Gasteiger partial charge in [0.2, 0.25) is 0 Å². The van der Waals surface area contributed by atoms with Crippen LogP contribution in [0, 0.1) is 0 Å². The van der Waals surface area contributed by atoms with Gasteiger partial charge in [0.05, 0.1) is 16.4 Å². The van der Waals surface area contributed by atoms with Gasteiger partial charge >= 0.3 is 0 Å². The number of rotatable bonds is 10. The van der Waals surface area contributed by atoms with Gasteiger partial charge in [0, 0.05) is 33.2 Å². The van der Waals surface area contributed by atoms with E-state index >= 15 is 0 Å². The lowest BCUT2D eigenvalue weighted by Crippen LogP contribution is -2.74. The van der Waals surface area contributed by atoms with Crippen molar-refractivity contribution in [3.8, 4) is 51.0 Å². The molecule has 4 nitrogen and oxygen atoms in total. The van der Waals surface area contributed by atoms with Crippen molar-refractivity contribution in [2.45, 2.75) is 5.41 Å². The number of benzene rings is 11. The fraction of sp³-hybridized carbons (Fsp3) is 0.0143. The van der Waals surface area contributed by atoms with Crippen molar-refractivity contribution in [2.75, 3.05) is 0 Å². The summed E-state index contributed by atoms with van der Waals surface area (Å²) in [4.78, 5) is 16.0. The number of hydrogen-bond acceptors (Lipinski definition) is 3. The van der Waals surface area contributed by atoms with Gasteiger partial charge in [0.1, 0.15) is 0 Å². The summed E-state index contributed by atoms with van der Waals surface area (Å²) in [5.74, 6) is 1.85. The van der Waals surface area contributed by atoms with Gasteiger partial charge in [-0.1, -0.05) is 261 Å². The van der Waals surface area contributed by atoms with Gasteiger partial charge in [0.15, 0.2) is 25.5 Å². The van der Waals surface area contributed by atoms with Gasteiger partial charge in [-0.15, -0.1) is 0 Å². The van der Waals surface area contributed by atoms with E-state index in [1.807, 2.05) is 18.2 Å². The van der Waals surface area contributed by atoms with E-state index in [9.17, 15) is 0 Å². The number of nitrogens with zero attached hydrogens (tertiary/aromatic N) is 4. The Morgan fingerprint density at radius 1 is 0.293 bits per heavy atom. The Kier molecular flexibility index (Phi) is 10.7. The zero-order valence-electron chi connectivity index (χ0n) is 41.0. The van der Waals surface area contributed by atoms with Crippen molar-refractivity contribution in [1.29, 1.82) is 0 Å². The fourth-order valence-corrected chi connectivity index (χ4v) is 17.1. The second kappa shape index (κ2) is 18.2. The number of hydrogen-bond donors (Lipinski definition) is 0. The molecule has 0 radical (unpaired) electrons. The number of para-hydroxylation sites is 1. The van der Waals surface area contributed by atoms with Crippen LogP contribution in [0.15, 0.2) is 291 Å². The highest BCUT2D eigenvalue weighted by atomic mass is 28.3. The molecule has 0 aliphatic heterocycles. The van der Waals surface area contributed by atoms with Crippen LogP contribution >= 0.6 is 0 Å². The third kappa shape index (κ3) is 7.08. The zero-order valence-corrected chi connectivity index (χ0v) is 42.0. The summed E-state index contributed by atoms with van der Waals surface area (Å²) >= 11 is 0. The number of aromatic nitrogens is 4. The maximum atomic E-state index is 5.42. The average molecular weight is 973 g/mol. The minimum absolute atomic E-state index is 0.507. The minimum Gasteiger partial charge on any atom is -0.309 e. The fourth-order valence-electron chi connectivity index (χ4n) is 12.3. The third-order valence-corrected chi connectivity index (χ3v) is 20.2. The molecule has 2 aromatic heterocycles.